The van der Waals surface area contributed by atoms with Crippen LogP contribution in [0.4, 0.5) is 5.82 Å². The van der Waals surface area contributed by atoms with Crippen molar-refractivity contribution in [3.05, 3.63) is 69.9 Å². The lowest BCUT2D eigenvalue weighted by Gasteiger charge is -2.31. The number of hydrogen-bond donors (Lipinski definition) is 0. The Labute approximate surface area is 195 Å². The van der Waals surface area contributed by atoms with E-state index in [4.69, 9.17) is 9.97 Å². The van der Waals surface area contributed by atoms with Gasteiger partial charge in [0.05, 0.1) is 18.3 Å². The second kappa shape index (κ2) is 8.71. The Hall–Kier alpha value is -3.06. The van der Waals surface area contributed by atoms with Crippen molar-refractivity contribution in [2.24, 2.45) is 7.05 Å². The van der Waals surface area contributed by atoms with Gasteiger partial charge >= 0.3 is 0 Å². The maximum absolute atomic E-state index is 13.0. The quantitative estimate of drug-likeness (QED) is 0.596. The van der Waals surface area contributed by atoms with E-state index in [-0.39, 0.29) is 11.9 Å². The number of benzene rings is 1. The number of fused-ring (bicyclic) bond motifs is 1. The van der Waals surface area contributed by atoms with Gasteiger partial charge in [-0.15, -0.1) is 0 Å². The van der Waals surface area contributed by atoms with Crippen molar-refractivity contribution < 1.29 is 4.79 Å². The molecule has 172 valence electrons. The molecule has 4 heterocycles. The van der Waals surface area contributed by atoms with Gasteiger partial charge in [0, 0.05) is 43.0 Å². The van der Waals surface area contributed by atoms with Crippen LogP contribution in [0.5, 0.6) is 0 Å². The molecule has 0 saturated carbocycles. The summed E-state index contributed by atoms with van der Waals surface area (Å²) in [6.07, 6.45) is 5.48. The summed E-state index contributed by atoms with van der Waals surface area (Å²) in [6.45, 7) is 8.61. The van der Waals surface area contributed by atoms with Crippen LogP contribution in [0.25, 0.3) is 0 Å². The molecular formula is C26H32N6O. The van der Waals surface area contributed by atoms with E-state index in [1.165, 1.54) is 11.1 Å². The van der Waals surface area contributed by atoms with E-state index in [1.54, 1.807) is 0 Å². The van der Waals surface area contributed by atoms with E-state index in [9.17, 15) is 4.79 Å². The summed E-state index contributed by atoms with van der Waals surface area (Å²) in [5.74, 6) is 1.79. The van der Waals surface area contributed by atoms with Gasteiger partial charge in [0.15, 0.2) is 0 Å². The van der Waals surface area contributed by atoms with Crippen LogP contribution in [0.3, 0.4) is 0 Å². The number of carbonyl (C=O) groups excluding carboxylic acids is 1. The molecule has 0 spiro atoms. The van der Waals surface area contributed by atoms with E-state index in [1.807, 2.05) is 16.6 Å². The molecule has 0 unspecified atom stereocenters. The molecule has 0 N–H and O–H groups in total. The van der Waals surface area contributed by atoms with Crippen molar-refractivity contribution in [3.8, 4) is 0 Å². The lowest BCUT2D eigenvalue weighted by molar-refractivity contribution is -0.119. The first-order valence-electron chi connectivity index (χ1n) is 11.9. The Morgan fingerprint density at radius 1 is 1.00 bits per heavy atom. The molecule has 1 amide bonds. The lowest BCUT2D eigenvalue weighted by atomic mass is 10.0. The summed E-state index contributed by atoms with van der Waals surface area (Å²) in [4.78, 5) is 27.3. The molecule has 7 heteroatoms. The Morgan fingerprint density at radius 3 is 2.52 bits per heavy atom. The Morgan fingerprint density at radius 2 is 1.79 bits per heavy atom. The van der Waals surface area contributed by atoms with Crippen LogP contribution in [0.1, 0.15) is 64.8 Å². The van der Waals surface area contributed by atoms with E-state index in [0.29, 0.717) is 19.4 Å². The molecule has 0 radical (unpaired) electrons. The number of nitrogens with zero attached hydrogens (tertiary/aromatic N) is 6. The van der Waals surface area contributed by atoms with Crippen molar-refractivity contribution in [1.29, 1.82) is 0 Å². The molecule has 1 aromatic carbocycles. The van der Waals surface area contributed by atoms with E-state index >= 15 is 0 Å². The molecule has 7 nitrogen and oxygen atoms in total. The maximum Gasteiger partial charge on any atom is 0.228 e. The van der Waals surface area contributed by atoms with Crippen LogP contribution in [0, 0.1) is 20.8 Å². The van der Waals surface area contributed by atoms with Gasteiger partial charge in [-0.1, -0.05) is 29.8 Å². The average molecular weight is 445 g/mol. The highest BCUT2D eigenvalue weighted by Gasteiger charge is 2.33. The third-order valence-corrected chi connectivity index (χ3v) is 6.97. The minimum absolute atomic E-state index is 0.140. The molecule has 2 aliphatic heterocycles. The number of amides is 1. The van der Waals surface area contributed by atoms with Gasteiger partial charge in [-0.25, -0.2) is 9.97 Å². The van der Waals surface area contributed by atoms with Gasteiger partial charge in [0.25, 0.3) is 0 Å². The molecule has 0 aliphatic carbocycles. The molecule has 2 aliphatic rings. The maximum atomic E-state index is 13.0. The second-order valence-corrected chi connectivity index (χ2v) is 9.48. The molecule has 2 aromatic heterocycles. The third-order valence-electron chi connectivity index (χ3n) is 6.97. The molecule has 3 aromatic rings. The highest BCUT2D eigenvalue weighted by Crippen LogP contribution is 2.36. The van der Waals surface area contributed by atoms with Crippen molar-refractivity contribution in [3.63, 3.8) is 0 Å². The number of likely N-dealkylation sites (tertiary alicyclic amines) is 1. The minimum Gasteiger partial charge on any atom is -0.292 e. The van der Waals surface area contributed by atoms with E-state index in [0.717, 1.165) is 60.1 Å². The number of carbonyl (C=O) groups is 1. The van der Waals surface area contributed by atoms with Crippen molar-refractivity contribution >= 4 is 11.7 Å². The number of aryl methyl sites for hydroxylation is 4. The molecule has 1 atom stereocenters. The van der Waals surface area contributed by atoms with Gasteiger partial charge in [-0.05, 0) is 52.1 Å². The monoisotopic (exact) mass is 444 g/mol. The van der Waals surface area contributed by atoms with Crippen LogP contribution in [-0.2, 0) is 31.4 Å². The second-order valence-electron chi connectivity index (χ2n) is 9.48. The molecule has 5 rings (SSSR count). The number of anilines is 1. The van der Waals surface area contributed by atoms with Crippen LogP contribution >= 0.6 is 0 Å². The summed E-state index contributed by atoms with van der Waals surface area (Å²) in [6, 6.07) is 8.55. The number of hydrogen-bond acceptors (Lipinski definition) is 5. The fourth-order valence-electron chi connectivity index (χ4n) is 5.12. The third kappa shape index (κ3) is 4.29. The summed E-state index contributed by atoms with van der Waals surface area (Å²) in [5, 5.41) is 4.50. The predicted molar refractivity (Wildman–Crippen MR) is 128 cm³/mol. The molecular weight excluding hydrogens is 412 g/mol. The highest BCUT2D eigenvalue weighted by molar-refractivity contribution is 5.95. The van der Waals surface area contributed by atoms with Crippen LogP contribution in [0.15, 0.2) is 30.5 Å². The Bertz CT molecular complexity index is 1180. The standard InChI is InChI=1S/C26H32N6O/c1-17-7-9-20(10-8-17)14-32-24(33)12-11-22-19(3)27-25(28-26(22)32)23-6-5-13-31(23)16-21-15-30(4)29-18(21)2/h7-10,15,23H,5-6,11-14,16H2,1-4H3/t23-/m1/s1. The predicted octanol–water partition coefficient (Wildman–Crippen LogP) is 3.95. The molecule has 1 fully saturated rings. The normalized spacial score (nSPS) is 18.7. The average Bonchev–Trinajstić information content (AvgIpc) is 3.37. The first-order valence-corrected chi connectivity index (χ1v) is 11.9. The van der Waals surface area contributed by atoms with Gasteiger partial charge in [-0.3, -0.25) is 19.3 Å². The summed E-state index contributed by atoms with van der Waals surface area (Å²) < 4.78 is 1.88. The van der Waals surface area contributed by atoms with Crippen LogP contribution < -0.4 is 4.90 Å². The smallest absolute Gasteiger partial charge is 0.228 e. The summed E-state index contributed by atoms with van der Waals surface area (Å²) in [5.41, 5.74) is 6.76. The highest BCUT2D eigenvalue weighted by atomic mass is 16.2. The fraction of sp³-hybridized carbons (Fsp3) is 0.462. The summed E-state index contributed by atoms with van der Waals surface area (Å²) in [7, 11) is 1.97. The summed E-state index contributed by atoms with van der Waals surface area (Å²) >= 11 is 0. The largest absolute Gasteiger partial charge is 0.292 e. The van der Waals surface area contributed by atoms with Crippen LogP contribution in [-0.4, -0.2) is 37.1 Å². The zero-order chi connectivity index (χ0) is 23.1. The van der Waals surface area contributed by atoms with E-state index < -0.39 is 0 Å². The molecule has 0 bridgehead atoms. The zero-order valence-corrected chi connectivity index (χ0v) is 20.0. The topological polar surface area (TPSA) is 67.2 Å². The fourth-order valence-corrected chi connectivity index (χ4v) is 5.12. The van der Waals surface area contributed by atoms with Crippen molar-refractivity contribution in [2.45, 2.75) is 65.6 Å². The minimum atomic E-state index is 0.140. The van der Waals surface area contributed by atoms with Crippen molar-refractivity contribution in [2.75, 3.05) is 11.4 Å². The Kier molecular flexibility index (Phi) is 5.74. The number of rotatable bonds is 5. The lowest BCUT2D eigenvalue weighted by Crippen LogP contribution is -2.37. The first kappa shape index (κ1) is 21.8. The van der Waals surface area contributed by atoms with Gasteiger partial charge in [0.1, 0.15) is 11.6 Å². The molecule has 1 saturated heterocycles. The first-order chi connectivity index (χ1) is 15.9. The van der Waals surface area contributed by atoms with Gasteiger partial charge in [-0.2, -0.15) is 5.10 Å². The van der Waals surface area contributed by atoms with Crippen LogP contribution in [0.2, 0.25) is 0 Å². The molecule has 33 heavy (non-hydrogen) atoms. The van der Waals surface area contributed by atoms with Gasteiger partial charge < -0.3 is 0 Å². The number of aromatic nitrogens is 4. The van der Waals surface area contributed by atoms with Crippen molar-refractivity contribution in [1.82, 2.24) is 24.6 Å². The SMILES string of the molecule is Cc1ccc(CN2C(=O)CCc3c(C)nc([C@H]4CCCN4Cc4cn(C)nc4C)nc32)cc1. The zero-order valence-electron chi connectivity index (χ0n) is 20.0. The Balaban J connectivity index is 1.46. The van der Waals surface area contributed by atoms with E-state index in [2.05, 4.69) is 61.2 Å². The van der Waals surface area contributed by atoms with Gasteiger partial charge in [0.2, 0.25) is 5.91 Å².